The van der Waals surface area contributed by atoms with Crippen LogP contribution in [0, 0.1) is 17.2 Å². The molecule has 2 aromatic rings. The van der Waals surface area contributed by atoms with E-state index in [1.807, 2.05) is 0 Å². The van der Waals surface area contributed by atoms with E-state index in [1.54, 1.807) is 24.3 Å². The Morgan fingerprint density at radius 3 is 2.45 bits per heavy atom. The summed E-state index contributed by atoms with van der Waals surface area (Å²) in [6, 6.07) is 19.5. The van der Waals surface area contributed by atoms with Crippen LogP contribution < -0.4 is 10.6 Å². The van der Waals surface area contributed by atoms with Gasteiger partial charge in [0.25, 0.3) is 0 Å². The number of urea groups is 1. The molecule has 0 atom stereocenters. The smallest absolute Gasteiger partial charge is 0.319 e. The fraction of sp³-hybridized carbons (Fsp3) is 0.417. The lowest BCUT2D eigenvalue weighted by atomic mass is 9.90. The zero-order chi connectivity index (χ0) is 20.3. The van der Waals surface area contributed by atoms with Crippen molar-refractivity contribution in [2.75, 3.05) is 31.5 Å². The van der Waals surface area contributed by atoms with Crippen molar-refractivity contribution in [3.05, 3.63) is 65.7 Å². The fourth-order valence-corrected chi connectivity index (χ4v) is 3.83. The number of carbonyl (C=O) groups is 1. The highest BCUT2D eigenvalue weighted by Crippen LogP contribution is 2.21. The Kier molecular flexibility index (Phi) is 8.09. The van der Waals surface area contributed by atoms with Crippen molar-refractivity contribution in [1.82, 2.24) is 10.2 Å². The van der Waals surface area contributed by atoms with E-state index in [2.05, 4.69) is 51.9 Å². The van der Waals surface area contributed by atoms with Crippen LogP contribution in [0.25, 0.3) is 0 Å². The van der Waals surface area contributed by atoms with Crippen LogP contribution in [0.15, 0.2) is 54.6 Å². The number of amides is 2. The molecule has 152 valence electrons. The highest BCUT2D eigenvalue weighted by molar-refractivity contribution is 5.89. The van der Waals surface area contributed by atoms with Gasteiger partial charge in [-0.05, 0) is 87.5 Å². The molecule has 1 heterocycles. The Hall–Kier alpha value is -2.84. The van der Waals surface area contributed by atoms with Crippen LogP contribution >= 0.6 is 0 Å². The SMILES string of the molecule is N#Cc1ccc(NC(=O)NCCCCN2CCC(Cc3ccccc3)CC2)cc1. The molecule has 29 heavy (non-hydrogen) atoms. The van der Waals surface area contributed by atoms with Crippen LogP contribution in [0.2, 0.25) is 0 Å². The standard InChI is InChI=1S/C24H30N4O/c25-19-22-8-10-23(11-9-22)27-24(29)26-14-4-5-15-28-16-12-21(13-17-28)18-20-6-2-1-3-7-20/h1-3,6-11,21H,4-5,12-18H2,(H2,26,27,29). The summed E-state index contributed by atoms with van der Waals surface area (Å²) >= 11 is 0. The van der Waals surface area contributed by atoms with E-state index >= 15 is 0 Å². The van der Waals surface area contributed by atoms with Gasteiger partial charge in [0, 0.05) is 12.2 Å². The van der Waals surface area contributed by atoms with Crippen molar-refractivity contribution in [2.24, 2.45) is 5.92 Å². The summed E-state index contributed by atoms with van der Waals surface area (Å²) in [5.74, 6) is 0.807. The maximum atomic E-state index is 11.9. The number of unbranched alkanes of at least 4 members (excludes halogenated alkanes) is 1. The van der Waals surface area contributed by atoms with Crippen LogP contribution in [-0.2, 0) is 6.42 Å². The Morgan fingerprint density at radius 2 is 1.76 bits per heavy atom. The Morgan fingerprint density at radius 1 is 1.03 bits per heavy atom. The summed E-state index contributed by atoms with van der Waals surface area (Å²) in [6.45, 7) is 4.15. The summed E-state index contributed by atoms with van der Waals surface area (Å²) in [5, 5.41) is 14.5. The number of piperidine rings is 1. The normalized spacial score (nSPS) is 14.9. The van der Waals surface area contributed by atoms with Gasteiger partial charge < -0.3 is 15.5 Å². The number of benzene rings is 2. The third-order valence-electron chi connectivity index (χ3n) is 5.53. The van der Waals surface area contributed by atoms with Gasteiger partial charge in [-0.2, -0.15) is 5.26 Å². The molecule has 0 spiro atoms. The maximum absolute atomic E-state index is 11.9. The number of likely N-dealkylation sites (tertiary alicyclic amines) is 1. The number of carbonyl (C=O) groups excluding carboxylic acids is 1. The number of nitriles is 1. The third kappa shape index (κ3) is 7.24. The van der Waals surface area contributed by atoms with Crippen LogP contribution in [0.3, 0.4) is 0 Å². The first-order chi connectivity index (χ1) is 14.2. The Labute approximate surface area is 173 Å². The predicted octanol–water partition coefficient (Wildman–Crippen LogP) is 4.41. The number of nitrogens with one attached hydrogen (secondary N) is 2. The Bertz CT molecular complexity index is 790. The summed E-state index contributed by atoms with van der Waals surface area (Å²) in [4.78, 5) is 14.5. The van der Waals surface area contributed by atoms with Crippen LogP contribution in [-0.4, -0.2) is 37.1 Å². The first-order valence-corrected chi connectivity index (χ1v) is 10.5. The third-order valence-corrected chi connectivity index (χ3v) is 5.53. The molecule has 0 radical (unpaired) electrons. The molecule has 0 aliphatic carbocycles. The molecular formula is C24H30N4O. The predicted molar refractivity (Wildman–Crippen MR) is 117 cm³/mol. The molecule has 2 N–H and O–H groups in total. The number of anilines is 1. The minimum Gasteiger partial charge on any atom is -0.338 e. The van der Waals surface area contributed by atoms with E-state index in [0.29, 0.717) is 17.8 Å². The van der Waals surface area contributed by atoms with Crippen molar-refractivity contribution in [1.29, 1.82) is 5.26 Å². The lowest BCUT2D eigenvalue weighted by molar-refractivity contribution is 0.181. The number of rotatable bonds is 8. The van der Waals surface area contributed by atoms with Gasteiger partial charge in [-0.25, -0.2) is 4.79 Å². The van der Waals surface area contributed by atoms with E-state index in [0.717, 1.165) is 25.3 Å². The molecule has 3 rings (SSSR count). The zero-order valence-electron chi connectivity index (χ0n) is 16.9. The average molecular weight is 391 g/mol. The molecule has 0 saturated carbocycles. The molecule has 1 fully saturated rings. The molecular weight excluding hydrogens is 360 g/mol. The van der Waals surface area contributed by atoms with Gasteiger partial charge in [-0.3, -0.25) is 0 Å². The number of hydrogen-bond acceptors (Lipinski definition) is 3. The van der Waals surface area contributed by atoms with Gasteiger partial charge in [-0.15, -0.1) is 0 Å². The molecule has 0 unspecified atom stereocenters. The highest BCUT2D eigenvalue weighted by Gasteiger charge is 2.18. The lowest BCUT2D eigenvalue weighted by Gasteiger charge is -2.32. The second-order valence-electron chi connectivity index (χ2n) is 7.75. The van der Waals surface area contributed by atoms with Crippen LogP contribution in [0.5, 0.6) is 0 Å². The van der Waals surface area contributed by atoms with Gasteiger partial charge in [0.05, 0.1) is 11.6 Å². The van der Waals surface area contributed by atoms with Crippen molar-refractivity contribution < 1.29 is 4.79 Å². The van der Waals surface area contributed by atoms with Crippen molar-refractivity contribution in [3.8, 4) is 6.07 Å². The average Bonchev–Trinajstić information content (AvgIpc) is 2.76. The Balaban J connectivity index is 1.24. The molecule has 0 aromatic heterocycles. The quantitative estimate of drug-likeness (QED) is 0.656. The summed E-state index contributed by atoms with van der Waals surface area (Å²) in [6.07, 6.45) is 5.83. The van der Waals surface area contributed by atoms with E-state index in [1.165, 1.54) is 37.9 Å². The van der Waals surface area contributed by atoms with Gasteiger partial charge in [-0.1, -0.05) is 30.3 Å². The maximum Gasteiger partial charge on any atom is 0.319 e. The van der Waals surface area contributed by atoms with Gasteiger partial charge in [0.15, 0.2) is 0 Å². The van der Waals surface area contributed by atoms with Crippen LogP contribution in [0.4, 0.5) is 10.5 Å². The van der Waals surface area contributed by atoms with Crippen molar-refractivity contribution >= 4 is 11.7 Å². The monoisotopic (exact) mass is 390 g/mol. The zero-order valence-corrected chi connectivity index (χ0v) is 16.9. The topological polar surface area (TPSA) is 68.2 Å². The number of hydrogen-bond donors (Lipinski definition) is 2. The second kappa shape index (κ2) is 11.2. The van der Waals surface area contributed by atoms with Gasteiger partial charge >= 0.3 is 6.03 Å². The van der Waals surface area contributed by atoms with Gasteiger partial charge in [0.1, 0.15) is 0 Å². The summed E-state index contributed by atoms with van der Waals surface area (Å²) < 4.78 is 0. The molecule has 5 heteroatoms. The van der Waals surface area contributed by atoms with Crippen molar-refractivity contribution in [3.63, 3.8) is 0 Å². The van der Waals surface area contributed by atoms with Crippen molar-refractivity contribution in [2.45, 2.75) is 32.1 Å². The molecule has 1 aliphatic rings. The summed E-state index contributed by atoms with van der Waals surface area (Å²) in [7, 11) is 0. The van der Waals surface area contributed by atoms with E-state index in [9.17, 15) is 4.79 Å². The first kappa shape index (κ1) is 20.9. The second-order valence-corrected chi connectivity index (χ2v) is 7.75. The van der Waals surface area contributed by atoms with Gasteiger partial charge in [0.2, 0.25) is 0 Å². The van der Waals surface area contributed by atoms with E-state index < -0.39 is 0 Å². The van der Waals surface area contributed by atoms with E-state index in [-0.39, 0.29) is 6.03 Å². The minimum absolute atomic E-state index is 0.198. The molecule has 2 amide bonds. The molecule has 2 aromatic carbocycles. The molecule has 5 nitrogen and oxygen atoms in total. The molecule has 1 aliphatic heterocycles. The molecule has 0 bridgehead atoms. The van der Waals surface area contributed by atoms with E-state index in [4.69, 9.17) is 5.26 Å². The largest absolute Gasteiger partial charge is 0.338 e. The lowest BCUT2D eigenvalue weighted by Crippen LogP contribution is -2.35. The highest BCUT2D eigenvalue weighted by atomic mass is 16.2. The molecule has 1 saturated heterocycles. The first-order valence-electron chi connectivity index (χ1n) is 10.5. The van der Waals surface area contributed by atoms with Crippen LogP contribution in [0.1, 0.15) is 36.8 Å². The minimum atomic E-state index is -0.198. The fourth-order valence-electron chi connectivity index (χ4n) is 3.83. The summed E-state index contributed by atoms with van der Waals surface area (Å²) in [5.41, 5.74) is 2.73. The number of nitrogens with zero attached hydrogens (tertiary/aromatic N) is 2.